The van der Waals surface area contributed by atoms with Crippen LogP contribution in [0.3, 0.4) is 0 Å². The zero-order chi connectivity index (χ0) is 11.5. The van der Waals surface area contributed by atoms with Crippen molar-refractivity contribution in [2.75, 3.05) is 12.1 Å². The fraction of sp³-hybridized carbons (Fsp3) is 0.444. The van der Waals surface area contributed by atoms with Gasteiger partial charge in [0.15, 0.2) is 11.5 Å². The fourth-order valence-electron chi connectivity index (χ4n) is 1.53. The Morgan fingerprint density at radius 2 is 2.24 bits per heavy atom. The van der Waals surface area contributed by atoms with E-state index in [9.17, 15) is 0 Å². The summed E-state index contributed by atoms with van der Waals surface area (Å²) in [4.78, 5) is 12.2. The van der Waals surface area contributed by atoms with Crippen LogP contribution in [0.1, 0.15) is 6.92 Å². The first-order chi connectivity index (χ1) is 7.72. The van der Waals surface area contributed by atoms with Gasteiger partial charge in [0.25, 0.3) is 0 Å². The molecule has 0 saturated carbocycles. The molecule has 0 spiro atoms. The van der Waals surface area contributed by atoms with Crippen molar-refractivity contribution in [1.29, 1.82) is 0 Å². The van der Waals surface area contributed by atoms with Gasteiger partial charge in [-0.3, -0.25) is 0 Å². The highest BCUT2D eigenvalue weighted by molar-refractivity contribution is 7.16. The smallest absolute Gasteiger partial charge is 0.165 e. The number of rotatable bonds is 4. The van der Waals surface area contributed by atoms with Gasteiger partial charge in [-0.05, 0) is 6.92 Å². The average molecular weight is 257 g/mol. The minimum absolute atomic E-state index is 0. The maximum absolute atomic E-state index is 5.70. The first-order valence-corrected chi connectivity index (χ1v) is 5.77. The molecule has 0 bridgehead atoms. The number of anilines is 1. The van der Waals surface area contributed by atoms with Gasteiger partial charge >= 0.3 is 0 Å². The van der Waals surface area contributed by atoms with Gasteiger partial charge in [-0.1, -0.05) is 0 Å². The molecule has 0 amide bonds. The van der Waals surface area contributed by atoms with Crippen molar-refractivity contribution < 1.29 is 10.2 Å². The summed E-state index contributed by atoms with van der Waals surface area (Å²) in [5.41, 5.74) is 7.08. The molecule has 0 saturated heterocycles. The Morgan fingerprint density at radius 1 is 1.47 bits per heavy atom. The van der Waals surface area contributed by atoms with Gasteiger partial charge < -0.3 is 20.5 Å². The summed E-state index contributed by atoms with van der Waals surface area (Å²) in [6.07, 6.45) is 3.87. The third-order valence-corrected chi connectivity index (χ3v) is 2.46. The Morgan fingerprint density at radius 3 is 2.94 bits per heavy atom. The van der Waals surface area contributed by atoms with Crippen LogP contribution in [0.25, 0.3) is 11.2 Å². The number of ether oxygens (including phenoxy) is 1. The van der Waals surface area contributed by atoms with Crippen LogP contribution in [0.15, 0.2) is 12.7 Å². The molecule has 0 aliphatic rings. The van der Waals surface area contributed by atoms with E-state index in [0.29, 0.717) is 24.2 Å². The van der Waals surface area contributed by atoms with Crippen LogP contribution in [-0.4, -0.2) is 37.4 Å². The molecule has 7 nitrogen and oxygen atoms in total. The molecule has 0 aliphatic carbocycles. The highest BCUT2D eigenvalue weighted by Gasteiger charge is 2.10. The monoisotopic (exact) mass is 257 g/mol. The lowest BCUT2D eigenvalue weighted by molar-refractivity contribution is 0.0912. The lowest BCUT2D eigenvalue weighted by Crippen LogP contribution is -2.15. The quantitative estimate of drug-likeness (QED) is 0.764. The van der Waals surface area contributed by atoms with E-state index in [1.807, 2.05) is 11.5 Å². The SMILES string of the molecule is C[C@H](Cn1cnc2c(N)ncnc21)OCP.O. The van der Waals surface area contributed by atoms with Crippen LogP contribution in [0, 0.1) is 0 Å². The largest absolute Gasteiger partial charge is 0.412 e. The van der Waals surface area contributed by atoms with E-state index in [0.717, 1.165) is 5.65 Å². The predicted octanol–water partition coefficient (Wildman–Crippen LogP) is -0.179. The lowest BCUT2D eigenvalue weighted by Gasteiger charge is -2.12. The molecule has 2 heterocycles. The molecule has 4 N–H and O–H groups in total. The highest BCUT2D eigenvalue weighted by Crippen LogP contribution is 2.14. The fourth-order valence-corrected chi connectivity index (χ4v) is 1.85. The van der Waals surface area contributed by atoms with E-state index in [-0.39, 0.29) is 11.6 Å². The number of imidazole rings is 1. The van der Waals surface area contributed by atoms with Gasteiger partial charge in [0.2, 0.25) is 0 Å². The number of nitrogens with two attached hydrogens (primary N) is 1. The van der Waals surface area contributed by atoms with Crippen molar-refractivity contribution >= 4 is 26.2 Å². The van der Waals surface area contributed by atoms with Crippen LogP contribution >= 0.6 is 9.24 Å². The van der Waals surface area contributed by atoms with Crippen molar-refractivity contribution in [2.24, 2.45) is 0 Å². The van der Waals surface area contributed by atoms with Gasteiger partial charge in [0, 0.05) is 0 Å². The molecule has 2 rings (SSSR count). The summed E-state index contributed by atoms with van der Waals surface area (Å²) >= 11 is 0. The van der Waals surface area contributed by atoms with Gasteiger partial charge in [-0.2, -0.15) is 0 Å². The molecule has 1 unspecified atom stereocenters. The molecule has 0 aliphatic heterocycles. The summed E-state index contributed by atoms with van der Waals surface area (Å²) in [7, 11) is 2.53. The molecule has 0 fully saturated rings. The molecule has 8 heteroatoms. The summed E-state index contributed by atoms with van der Waals surface area (Å²) < 4.78 is 7.35. The van der Waals surface area contributed by atoms with E-state index in [2.05, 4.69) is 24.2 Å². The second kappa shape index (κ2) is 5.86. The van der Waals surface area contributed by atoms with E-state index in [4.69, 9.17) is 10.5 Å². The zero-order valence-electron chi connectivity index (χ0n) is 9.50. The number of aromatic nitrogens is 4. The highest BCUT2D eigenvalue weighted by atomic mass is 31.0. The Kier molecular flexibility index (Phi) is 4.74. The molecular weight excluding hydrogens is 241 g/mol. The second-order valence-corrected chi connectivity index (χ2v) is 3.81. The summed E-state index contributed by atoms with van der Waals surface area (Å²) in [5, 5.41) is 0. The molecule has 0 radical (unpaired) electrons. The number of nitrogens with zero attached hydrogens (tertiary/aromatic N) is 4. The second-order valence-electron chi connectivity index (χ2n) is 3.47. The lowest BCUT2D eigenvalue weighted by atomic mass is 10.4. The minimum Gasteiger partial charge on any atom is -0.412 e. The first-order valence-electron chi connectivity index (χ1n) is 4.95. The number of fused-ring (bicyclic) bond motifs is 1. The van der Waals surface area contributed by atoms with Crippen LogP contribution in [0.2, 0.25) is 0 Å². The Balaban J connectivity index is 0.00000144. The van der Waals surface area contributed by atoms with Gasteiger partial charge in [-0.15, -0.1) is 9.24 Å². The van der Waals surface area contributed by atoms with Crippen LogP contribution in [-0.2, 0) is 11.3 Å². The van der Waals surface area contributed by atoms with Gasteiger partial charge in [-0.25, -0.2) is 15.0 Å². The summed E-state index contributed by atoms with van der Waals surface area (Å²) in [6, 6.07) is 0. The molecule has 2 aromatic heterocycles. The van der Waals surface area contributed by atoms with E-state index in [1.165, 1.54) is 6.33 Å². The normalized spacial score (nSPS) is 12.4. The molecular formula is C9H16N5O2P. The number of nitrogen functional groups attached to an aromatic ring is 1. The topological polar surface area (TPSA) is 110 Å². The van der Waals surface area contributed by atoms with Crippen molar-refractivity contribution in [3.8, 4) is 0 Å². The predicted molar refractivity (Wildman–Crippen MR) is 68.5 cm³/mol. The average Bonchev–Trinajstić information content (AvgIpc) is 2.64. The summed E-state index contributed by atoms with van der Waals surface area (Å²) in [6.45, 7) is 2.70. The number of hydrogen-bond donors (Lipinski definition) is 1. The standard InChI is InChI=1S/C9H14N5OP.H2O/c1-6(15-5-16)2-14-4-13-7-8(10)11-3-12-9(7)14;/h3-4,6H,2,5,16H2,1H3,(H2,10,11,12);1H2/t6-;/m1./s1. The molecule has 94 valence electrons. The zero-order valence-corrected chi connectivity index (χ0v) is 10.7. The Bertz CT molecular complexity index is 489. The van der Waals surface area contributed by atoms with E-state index < -0.39 is 0 Å². The van der Waals surface area contributed by atoms with E-state index in [1.54, 1.807) is 6.33 Å². The van der Waals surface area contributed by atoms with Crippen molar-refractivity contribution in [1.82, 2.24) is 19.5 Å². The summed E-state index contributed by atoms with van der Waals surface area (Å²) in [5.74, 6) is 0.406. The van der Waals surface area contributed by atoms with Crippen LogP contribution in [0.4, 0.5) is 5.82 Å². The minimum atomic E-state index is 0. The van der Waals surface area contributed by atoms with Gasteiger partial charge in [0.1, 0.15) is 11.8 Å². The number of hydrogen-bond acceptors (Lipinski definition) is 5. The maximum Gasteiger partial charge on any atom is 0.165 e. The van der Waals surface area contributed by atoms with Crippen molar-refractivity contribution in [2.45, 2.75) is 19.6 Å². The van der Waals surface area contributed by atoms with Crippen LogP contribution < -0.4 is 5.73 Å². The van der Waals surface area contributed by atoms with E-state index >= 15 is 0 Å². The third kappa shape index (κ3) is 2.88. The molecule has 2 aromatic rings. The first kappa shape index (κ1) is 13.8. The van der Waals surface area contributed by atoms with Gasteiger partial charge in [0.05, 0.1) is 25.3 Å². The molecule has 2 atom stereocenters. The third-order valence-electron chi connectivity index (χ3n) is 2.26. The van der Waals surface area contributed by atoms with Crippen LogP contribution in [0.5, 0.6) is 0 Å². The van der Waals surface area contributed by atoms with Crippen molar-refractivity contribution in [3.63, 3.8) is 0 Å². The molecule has 0 aromatic carbocycles. The Labute approximate surface area is 101 Å². The maximum atomic E-state index is 5.70. The van der Waals surface area contributed by atoms with Crippen molar-refractivity contribution in [3.05, 3.63) is 12.7 Å². The molecule has 17 heavy (non-hydrogen) atoms. The Hall–Kier alpha value is -1.30.